The number of ether oxygens (including phenoxy) is 2. The minimum absolute atomic E-state index is 0.0520. The van der Waals surface area contributed by atoms with Gasteiger partial charge in [0, 0.05) is 41.3 Å². The lowest BCUT2D eigenvalue weighted by Gasteiger charge is -2.41. The molecule has 1 aromatic heterocycles. The van der Waals surface area contributed by atoms with Crippen LogP contribution in [0.5, 0.6) is 5.75 Å². The Hall–Kier alpha value is -2.48. The summed E-state index contributed by atoms with van der Waals surface area (Å²) in [6.45, 7) is 10.0. The Balaban J connectivity index is 1.80. The van der Waals surface area contributed by atoms with Crippen LogP contribution < -0.4 is 10.1 Å². The molecular weight excluding hydrogens is 419 g/mol. The van der Waals surface area contributed by atoms with E-state index in [9.17, 15) is 4.39 Å². The predicted molar refractivity (Wildman–Crippen MR) is 121 cm³/mol. The summed E-state index contributed by atoms with van der Waals surface area (Å²) in [7, 11) is 0. The quantitative estimate of drug-likeness (QED) is 0.568. The topological polar surface area (TPSA) is 59.5 Å². The Morgan fingerprint density at radius 3 is 2.68 bits per heavy atom. The summed E-state index contributed by atoms with van der Waals surface area (Å²) in [5, 5.41) is 4.15. The average molecular weight is 445 g/mol. The van der Waals surface area contributed by atoms with Crippen LogP contribution in [0, 0.1) is 5.82 Å². The molecule has 6 nitrogen and oxygen atoms in total. The normalized spacial score (nSPS) is 15.3. The summed E-state index contributed by atoms with van der Waals surface area (Å²) in [5.41, 5.74) is 2.18. The fraction of sp³-hybridized carbons (Fsp3) is 0.391. The third kappa shape index (κ3) is 4.44. The van der Waals surface area contributed by atoms with Crippen LogP contribution in [0.4, 0.5) is 15.9 Å². The van der Waals surface area contributed by atoms with Gasteiger partial charge in [0.15, 0.2) is 0 Å². The van der Waals surface area contributed by atoms with Crippen LogP contribution in [0.25, 0.3) is 10.9 Å². The highest BCUT2D eigenvalue weighted by Crippen LogP contribution is 2.39. The number of nitrogens with zero attached hydrogens (tertiary/aromatic N) is 3. The van der Waals surface area contributed by atoms with E-state index in [0.717, 1.165) is 35.3 Å². The number of nitrogens with one attached hydrogen (secondary N) is 1. The SMILES string of the molecule is CCOc1cc2ncnc(Nc3ccc(F)c(Cl)c3)c2cc1C(C)(C)N1CCOCC1. The highest BCUT2D eigenvalue weighted by molar-refractivity contribution is 6.31. The Morgan fingerprint density at radius 2 is 1.97 bits per heavy atom. The summed E-state index contributed by atoms with van der Waals surface area (Å²) >= 11 is 5.94. The molecule has 0 saturated carbocycles. The molecule has 0 bridgehead atoms. The highest BCUT2D eigenvalue weighted by Gasteiger charge is 2.33. The number of rotatable bonds is 6. The van der Waals surface area contributed by atoms with Gasteiger partial charge in [0.25, 0.3) is 0 Å². The van der Waals surface area contributed by atoms with Crippen LogP contribution in [0.3, 0.4) is 0 Å². The van der Waals surface area contributed by atoms with E-state index in [1.807, 2.05) is 13.0 Å². The molecule has 0 spiro atoms. The van der Waals surface area contributed by atoms with Crippen LogP contribution in [-0.4, -0.2) is 47.8 Å². The van der Waals surface area contributed by atoms with Gasteiger partial charge in [-0.15, -0.1) is 0 Å². The molecule has 1 fully saturated rings. The second kappa shape index (κ2) is 8.94. The summed E-state index contributed by atoms with van der Waals surface area (Å²) in [6, 6.07) is 8.54. The molecule has 1 saturated heterocycles. The summed E-state index contributed by atoms with van der Waals surface area (Å²) in [5.74, 6) is 0.964. The van der Waals surface area contributed by atoms with E-state index in [4.69, 9.17) is 21.1 Å². The van der Waals surface area contributed by atoms with E-state index >= 15 is 0 Å². The van der Waals surface area contributed by atoms with Gasteiger partial charge in [-0.25, -0.2) is 14.4 Å². The van der Waals surface area contributed by atoms with E-state index < -0.39 is 5.82 Å². The summed E-state index contributed by atoms with van der Waals surface area (Å²) < 4.78 is 25.1. The van der Waals surface area contributed by atoms with Crippen molar-refractivity contribution in [2.75, 3.05) is 38.2 Å². The van der Waals surface area contributed by atoms with Crippen molar-refractivity contribution in [1.29, 1.82) is 0 Å². The molecule has 164 valence electrons. The van der Waals surface area contributed by atoms with Crippen molar-refractivity contribution in [2.45, 2.75) is 26.3 Å². The first kappa shape index (κ1) is 21.7. The van der Waals surface area contributed by atoms with E-state index in [0.29, 0.717) is 31.3 Å². The van der Waals surface area contributed by atoms with Gasteiger partial charge in [-0.05, 0) is 45.0 Å². The van der Waals surface area contributed by atoms with Gasteiger partial charge in [-0.3, -0.25) is 4.90 Å². The van der Waals surface area contributed by atoms with Gasteiger partial charge >= 0.3 is 0 Å². The van der Waals surface area contributed by atoms with Gasteiger partial charge in [0.05, 0.1) is 30.4 Å². The highest BCUT2D eigenvalue weighted by atomic mass is 35.5. The monoisotopic (exact) mass is 444 g/mol. The molecule has 1 N–H and O–H groups in total. The molecule has 4 rings (SSSR count). The number of anilines is 2. The maximum absolute atomic E-state index is 13.6. The number of morpholine rings is 1. The minimum atomic E-state index is -0.462. The Morgan fingerprint density at radius 1 is 1.19 bits per heavy atom. The molecule has 8 heteroatoms. The van der Waals surface area contributed by atoms with Gasteiger partial charge in [0.1, 0.15) is 23.7 Å². The second-order valence-corrected chi connectivity index (χ2v) is 8.34. The maximum atomic E-state index is 13.6. The number of aromatic nitrogens is 2. The van der Waals surface area contributed by atoms with Crippen LogP contribution >= 0.6 is 11.6 Å². The van der Waals surface area contributed by atoms with E-state index in [1.54, 1.807) is 6.07 Å². The minimum Gasteiger partial charge on any atom is -0.493 e. The van der Waals surface area contributed by atoms with Crippen LogP contribution in [0.15, 0.2) is 36.7 Å². The van der Waals surface area contributed by atoms with Crippen molar-refractivity contribution in [3.05, 3.63) is 53.1 Å². The molecule has 2 heterocycles. The van der Waals surface area contributed by atoms with Crippen molar-refractivity contribution in [2.24, 2.45) is 0 Å². The van der Waals surface area contributed by atoms with Gasteiger partial charge < -0.3 is 14.8 Å². The van der Waals surface area contributed by atoms with E-state index in [1.165, 1.54) is 18.5 Å². The average Bonchev–Trinajstić information content (AvgIpc) is 2.77. The van der Waals surface area contributed by atoms with Gasteiger partial charge in [-0.2, -0.15) is 0 Å². The molecule has 31 heavy (non-hydrogen) atoms. The molecule has 2 aromatic carbocycles. The summed E-state index contributed by atoms with van der Waals surface area (Å²) in [6.07, 6.45) is 1.50. The first-order chi connectivity index (χ1) is 14.9. The number of benzene rings is 2. The number of hydrogen-bond acceptors (Lipinski definition) is 6. The lowest BCUT2D eigenvalue weighted by Crippen LogP contribution is -2.48. The zero-order valence-corrected chi connectivity index (χ0v) is 18.7. The van der Waals surface area contributed by atoms with Crippen LogP contribution in [0.1, 0.15) is 26.3 Å². The van der Waals surface area contributed by atoms with Gasteiger partial charge in [0.2, 0.25) is 0 Å². The first-order valence-corrected chi connectivity index (χ1v) is 10.7. The molecule has 1 aliphatic rings. The van der Waals surface area contributed by atoms with Crippen molar-refractivity contribution < 1.29 is 13.9 Å². The van der Waals surface area contributed by atoms with Crippen molar-refractivity contribution in [1.82, 2.24) is 14.9 Å². The smallest absolute Gasteiger partial charge is 0.141 e. The number of fused-ring (bicyclic) bond motifs is 1. The standard InChI is InChI=1S/C23H26ClFN4O2/c1-4-31-21-13-20-16(12-17(21)23(2,3)29-7-9-30-10-8-29)22(27-14-26-20)28-15-5-6-19(25)18(24)11-15/h5-6,11-14H,4,7-10H2,1-3H3,(H,26,27,28). The Kier molecular flexibility index (Phi) is 6.27. The number of hydrogen-bond donors (Lipinski definition) is 1. The molecule has 1 aliphatic heterocycles. The Labute approximate surface area is 186 Å². The zero-order valence-electron chi connectivity index (χ0n) is 17.9. The van der Waals surface area contributed by atoms with Crippen molar-refractivity contribution in [3.63, 3.8) is 0 Å². The molecule has 0 aliphatic carbocycles. The lowest BCUT2D eigenvalue weighted by atomic mass is 9.89. The van der Waals surface area contributed by atoms with Crippen LogP contribution in [0.2, 0.25) is 5.02 Å². The molecule has 0 atom stereocenters. The molecule has 3 aromatic rings. The van der Waals surface area contributed by atoms with Gasteiger partial charge in [-0.1, -0.05) is 11.6 Å². The maximum Gasteiger partial charge on any atom is 0.141 e. The zero-order chi connectivity index (χ0) is 22.0. The van der Waals surface area contributed by atoms with Crippen LogP contribution in [-0.2, 0) is 10.3 Å². The third-order valence-corrected chi connectivity index (χ3v) is 5.97. The Bertz CT molecular complexity index is 1090. The fourth-order valence-corrected chi connectivity index (χ4v) is 4.12. The molecular formula is C23H26ClFN4O2. The van der Waals surface area contributed by atoms with E-state index in [-0.39, 0.29) is 10.6 Å². The predicted octanol–water partition coefficient (Wildman–Crippen LogP) is 5.13. The second-order valence-electron chi connectivity index (χ2n) is 7.93. The fourth-order valence-electron chi connectivity index (χ4n) is 3.94. The summed E-state index contributed by atoms with van der Waals surface area (Å²) in [4.78, 5) is 11.3. The molecule has 0 radical (unpaired) electrons. The lowest BCUT2D eigenvalue weighted by molar-refractivity contribution is -0.0125. The largest absolute Gasteiger partial charge is 0.493 e. The van der Waals surface area contributed by atoms with Crippen molar-refractivity contribution >= 4 is 34.0 Å². The molecule has 0 amide bonds. The van der Waals surface area contributed by atoms with Crippen molar-refractivity contribution in [3.8, 4) is 5.75 Å². The number of halogens is 2. The van der Waals surface area contributed by atoms with E-state index in [2.05, 4.69) is 40.1 Å². The molecule has 0 unspecified atom stereocenters. The third-order valence-electron chi connectivity index (χ3n) is 5.68. The first-order valence-electron chi connectivity index (χ1n) is 10.4.